The predicted molar refractivity (Wildman–Crippen MR) is 38.9 cm³/mol. The lowest BCUT2D eigenvalue weighted by Gasteiger charge is -1.95. The molecule has 0 radical (unpaired) electrons. The van der Waals surface area contributed by atoms with Gasteiger partial charge >= 0.3 is 11.9 Å². The van der Waals surface area contributed by atoms with Gasteiger partial charge in [0.1, 0.15) is 6.61 Å². The Labute approximate surface area is 68.4 Å². The standard InChI is InChI=1S/C6H9NO5/c1-2-3-12-7-4(5(8)9)6(10)11/h2-3H2,1H3,(H,8,9)(H,10,11). The van der Waals surface area contributed by atoms with Gasteiger partial charge in [-0.3, -0.25) is 0 Å². The molecule has 12 heavy (non-hydrogen) atoms. The summed E-state index contributed by atoms with van der Waals surface area (Å²) in [7, 11) is 0. The van der Waals surface area contributed by atoms with Crippen LogP contribution in [-0.4, -0.2) is 34.5 Å². The van der Waals surface area contributed by atoms with Crippen LogP contribution in [0.2, 0.25) is 0 Å². The van der Waals surface area contributed by atoms with Crippen molar-refractivity contribution in [3.05, 3.63) is 0 Å². The fraction of sp³-hybridized carbons (Fsp3) is 0.500. The molecule has 0 saturated heterocycles. The second-order valence-electron chi connectivity index (χ2n) is 1.88. The molecule has 0 fully saturated rings. The Bertz CT molecular complexity index is 194. The number of hydrogen-bond donors (Lipinski definition) is 2. The number of carbonyl (C=O) groups is 2. The van der Waals surface area contributed by atoms with Gasteiger partial charge in [0.25, 0.3) is 5.71 Å². The van der Waals surface area contributed by atoms with Crippen molar-refractivity contribution in [2.45, 2.75) is 13.3 Å². The van der Waals surface area contributed by atoms with Crippen LogP contribution in [0.25, 0.3) is 0 Å². The normalized spacial score (nSPS) is 8.75. The number of oxime groups is 1. The average molecular weight is 175 g/mol. The molecule has 6 heteroatoms. The van der Waals surface area contributed by atoms with E-state index >= 15 is 0 Å². The Balaban J connectivity index is 4.20. The third kappa shape index (κ3) is 3.55. The lowest BCUT2D eigenvalue weighted by atomic mass is 10.4. The quantitative estimate of drug-likeness (QED) is 0.264. The van der Waals surface area contributed by atoms with Gasteiger partial charge in [-0.2, -0.15) is 0 Å². The van der Waals surface area contributed by atoms with Gasteiger partial charge in [0, 0.05) is 0 Å². The summed E-state index contributed by atoms with van der Waals surface area (Å²) in [6.45, 7) is 1.99. The Morgan fingerprint density at radius 3 is 2.17 bits per heavy atom. The van der Waals surface area contributed by atoms with Crippen LogP contribution in [0.1, 0.15) is 13.3 Å². The first-order valence-electron chi connectivity index (χ1n) is 3.26. The maximum Gasteiger partial charge on any atom is 0.365 e. The van der Waals surface area contributed by atoms with Crippen molar-refractivity contribution in [3.8, 4) is 0 Å². The highest BCUT2D eigenvalue weighted by molar-refractivity contribution is 6.61. The average Bonchev–Trinajstić information content (AvgIpc) is 1.96. The molecule has 0 aromatic heterocycles. The molecule has 0 saturated carbocycles. The molecule has 2 N–H and O–H groups in total. The molecule has 0 amide bonds. The van der Waals surface area contributed by atoms with Gasteiger partial charge in [0.15, 0.2) is 0 Å². The predicted octanol–water partition coefficient (Wildman–Crippen LogP) is -0.0618. The zero-order chi connectivity index (χ0) is 9.56. The van der Waals surface area contributed by atoms with Crippen LogP contribution < -0.4 is 0 Å². The van der Waals surface area contributed by atoms with Crippen LogP contribution >= 0.6 is 0 Å². The first-order chi connectivity index (χ1) is 5.59. The first kappa shape index (κ1) is 10.4. The van der Waals surface area contributed by atoms with Crippen LogP contribution in [0.15, 0.2) is 5.16 Å². The van der Waals surface area contributed by atoms with Crippen molar-refractivity contribution in [1.29, 1.82) is 0 Å². The van der Waals surface area contributed by atoms with Gasteiger partial charge in [0.2, 0.25) is 0 Å². The van der Waals surface area contributed by atoms with Crippen LogP contribution in [0.4, 0.5) is 0 Å². The van der Waals surface area contributed by atoms with Crippen LogP contribution in [0.3, 0.4) is 0 Å². The van der Waals surface area contributed by atoms with Crippen molar-refractivity contribution in [2.75, 3.05) is 6.61 Å². The number of carboxylic acid groups (broad SMARTS) is 2. The highest BCUT2D eigenvalue weighted by Crippen LogP contribution is 1.85. The third-order valence-corrected chi connectivity index (χ3v) is 0.856. The summed E-state index contributed by atoms with van der Waals surface area (Å²) in [5.74, 6) is -3.22. The number of nitrogens with zero attached hydrogens (tertiary/aromatic N) is 1. The Morgan fingerprint density at radius 1 is 1.33 bits per heavy atom. The molecule has 0 aliphatic heterocycles. The third-order valence-electron chi connectivity index (χ3n) is 0.856. The van der Waals surface area contributed by atoms with Crippen molar-refractivity contribution in [3.63, 3.8) is 0 Å². The van der Waals surface area contributed by atoms with E-state index in [1.54, 1.807) is 6.92 Å². The molecule has 0 aliphatic rings. The summed E-state index contributed by atoms with van der Waals surface area (Å²) in [5, 5.41) is 19.4. The molecule has 68 valence electrons. The summed E-state index contributed by atoms with van der Waals surface area (Å²) >= 11 is 0. The van der Waals surface area contributed by atoms with E-state index in [1.165, 1.54) is 0 Å². The van der Waals surface area contributed by atoms with Crippen molar-refractivity contribution >= 4 is 17.7 Å². The van der Waals surface area contributed by atoms with E-state index in [9.17, 15) is 9.59 Å². The molecule has 0 aromatic rings. The van der Waals surface area contributed by atoms with E-state index in [-0.39, 0.29) is 6.61 Å². The summed E-state index contributed by atoms with van der Waals surface area (Å²) in [4.78, 5) is 24.7. The lowest BCUT2D eigenvalue weighted by Crippen LogP contribution is -2.23. The second kappa shape index (κ2) is 5.11. The van der Waals surface area contributed by atoms with Crippen LogP contribution in [0.5, 0.6) is 0 Å². The molecule has 6 nitrogen and oxygen atoms in total. The Morgan fingerprint density at radius 2 is 1.83 bits per heavy atom. The Hall–Kier alpha value is -1.59. The largest absolute Gasteiger partial charge is 0.476 e. The van der Waals surface area contributed by atoms with Crippen LogP contribution in [-0.2, 0) is 14.4 Å². The van der Waals surface area contributed by atoms with Crippen molar-refractivity contribution in [2.24, 2.45) is 5.16 Å². The SMILES string of the molecule is CCCON=C(C(=O)O)C(=O)O. The first-order valence-corrected chi connectivity index (χ1v) is 3.26. The van der Waals surface area contributed by atoms with E-state index in [0.717, 1.165) is 0 Å². The van der Waals surface area contributed by atoms with E-state index in [2.05, 4.69) is 9.99 Å². The summed E-state index contributed by atoms with van der Waals surface area (Å²) in [5.41, 5.74) is -1.01. The summed E-state index contributed by atoms with van der Waals surface area (Å²) in [6, 6.07) is 0. The molecule has 0 bridgehead atoms. The van der Waals surface area contributed by atoms with E-state index in [4.69, 9.17) is 10.2 Å². The zero-order valence-electron chi connectivity index (χ0n) is 6.48. The highest BCUT2D eigenvalue weighted by atomic mass is 16.6. The number of hydrogen-bond acceptors (Lipinski definition) is 4. The van der Waals surface area contributed by atoms with Gasteiger partial charge in [-0.15, -0.1) is 0 Å². The molecule has 0 aliphatic carbocycles. The minimum absolute atomic E-state index is 0.198. The summed E-state index contributed by atoms with van der Waals surface area (Å²) < 4.78 is 0. The maximum atomic E-state index is 10.1. The molecule has 0 spiro atoms. The highest BCUT2D eigenvalue weighted by Gasteiger charge is 2.19. The van der Waals surface area contributed by atoms with E-state index < -0.39 is 17.7 Å². The molecule has 0 atom stereocenters. The van der Waals surface area contributed by atoms with Gasteiger partial charge < -0.3 is 15.1 Å². The van der Waals surface area contributed by atoms with Crippen LogP contribution in [0, 0.1) is 0 Å². The van der Waals surface area contributed by atoms with Gasteiger partial charge in [-0.1, -0.05) is 12.1 Å². The van der Waals surface area contributed by atoms with Gasteiger partial charge in [0.05, 0.1) is 0 Å². The lowest BCUT2D eigenvalue weighted by molar-refractivity contribution is -0.134. The smallest absolute Gasteiger partial charge is 0.365 e. The minimum Gasteiger partial charge on any atom is -0.476 e. The fourth-order valence-corrected chi connectivity index (χ4v) is 0.371. The van der Waals surface area contributed by atoms with E-state index in [0.29, 0.717) is 6.42 Å². The number of rotatable bonds is 5. The van der Waals surface area contributed by atoms with E-state index in [1.807, 2.05) is 0 Å². The van der Waals surface area contributed by atoms with Crippen molar-refractivity contribution < 1.29 is 24.6 Å². The minimum atomic E-state index is -1.61. The molecule has 0 unspecified atom stereocenters. The summed E-state index contributed by atoms with van der Waals surface area (Å²) in [6.07, 6.45) is 0.635. The second-order valence-corrected chi connectivity index (χ2v) is 1.88. The van der Waals surface area contributed by atoms with Crippen molar-refractivity contribution in [1.82, 2.24) is 0 Å². The molecular weight excluding hydrogens is 166 g/mol. The number of aliphatic carboxylic acids is 2. The molecule has 0 rings (SSSR count). The topological polar surface area (TPSA) is 96.2 Å². The number of carboxylic acids is 2. The fourth-order valence-electron chi connectivity index (χ4n) is 0.371. The molecule has 0 heterocycles. The molecule has 0 aromatic carbocycles. The molecular formula is C6H9NO5. The van der Waals surface area contributed by atoms with Gasteiger partial charge in [-0.05, 0) is 6.42 Å². The zero-order valence-corrected chi connectivity index (χ0v) is 6.48. The monoisotopic (exact) mass is 175 g/mol. The maximum absolute atomic E-state index is 10.1. The Kier molecular flexibility index (Phi) is 4.43. The van der Waals surface area contributed by atoms with Gasteiger partial charge in [-0.25, -0.2) is 9.59 Å².